The van der Waals surface area contributed by atoms with E-state index in [1.165, 1.54) is 18.1 Å². The van der Waals surface area contributed by atoms with Gasteiger partial charge in [-0.1, -0.05) is 12.1 Å². The van der Waals surface area contributed by atoms with E-state index in [0.717, 1.165) is 16.7 Å². The van der Waals surface area contributed by atoms with Gasteiger partial charge in [-0.05, 0) is 28.8 Å². The van der Waals surface area contributed by atoms with Crippen molar-refractivity contribution in [3.05, 3.63) is 41.0 Å². The molecule has 0 saturated heterocycles. The highest BCUT2D eigenvalue weighted by Crippen LogP contribution is 2.24. The Morgan fingerprint density at radius 3 is 2.72 bits per heavy atom. The summed E-state index contributed by atoms with van der Waals surface area (Å²) < 4.78 is 4.50. The van der Waals surface area contributed by atoms with Gasteiger partial charge in [-0.15, -0.1) is 0 Å². The topological polar surface area (TPSA) is 66.8 Å². The van der Waals surface area contributed by atoms with Crippen molar-refractivity contribution in [1.82, 2.24) is 4.90 Å². The first kappa shape index (κ1) is 12.2. The Morgan fingerprint density at radius 1 is 1.33 bits per heavy atom. The number of fused-ring (bicyclic) bond motifs is 1. The summed E-state index contributed by atoms with van der Waals surface area (Å²) in [6.45, 7) is 0.816. The molecule has 0 radical (unpaired) electrons. The van der Waals surface area contributed by atoms with Crippen molar-refractivity contribution in [2.75, 3.05) is 7.11 Å². The van der Waals surface area contributed by atoms with Crippen LogP contribution in [0.4, 0.5) is 4.79 Å². The van der Waals surface area contributed by atoms with Gasteiger partial charge in [0.25, 0.3) is 0 Å². The number of esters is 1. The summed E-state index contributed by atoms with van der Waals surface area (Å²) in [4.78, 5) is 23.2. The van der Waals surface area contributed by atoms with E-state index in [-0.39, 0.29) is 0 Å². The smallest absolute Gasteiger partial charge is 0.407 e. The zero-order valence-electron chi connectivity index (χ0n) is 9.92. The van der Waals surface area contributed by atoms with Gasteiger partial charge in [0.1, 0.15) is 0 Å². The number of amides is 1. The molecular formula is C13H13NO4. The molecule has 0 fully saturated rings. The van der Waals surface area contributed by atoms with Gasteiger partial charge in [0.05, 0.1) is 7.11 Å². The van der Waals surface area contributed by atoms with Crippen LogP contribution in [0.1, 0.15) is 16.7 Å². The lowest BCUT2D eigenvalue weighted by Gasteiger charge is -2.08. The van der Waals surface area contributed by atoms with Crippen LogP contribution >= 0.6 is 0 Å². The maximum atomic E-state index is 11.0. The molecule has 0 atom stereocenters. The molecule has 0 saturated carbocycles. The van der Waals surface area contributed by atoms with Crippen LogP contribution in [0.5, 0.6) is 0 Å². The summed E-state index contributed by atoms with van der Waals surface area (Å²) >= 11 is 0. The highest BCUT2D eigenvalue weighted by Gasteiger charge is 2.22. The van der Waals surface area contributed by atoms with Crippen molar-refractivity contribution >= 4 is 18.1 Å². The standard InChI is InChI=1S/C13H13NO4/c1-18-12(15)5-3-9-2-4-10-7-14(13(16)17)8-11(10)6-9/h2-6H,7-8H2,1H3,(H,16,17). The van der Waals surface area contributed by atoms with Crippen molar-refractivity contribution in [1.29, 1.82) is 0 Å². The molecule has 0 aliphatic carbocycles. The Kier molecular flexibility index (Phi) is 3.32. The monoisotopic (exact) mass is 247 g/mol. The fourth-order valence-electron chi connectivity index (χ4n) is 1.89. The fourth-order valence-corrected chi connectivity index (χ4v) is 1.89. The van der Waals surface area contributed by atoms with E-state index in [1.807, 2.05) is 18.2 Å². The summed E-state index contributed by atoms with van der Waals surface area (Å²) in [5.74, 6) is -0.414. The predicted octanol–water partition coefficient (Wildman–Crippen LogP) is 1.87. The molecule has 5 nitrogen and oxygen atoms in total. The average Bonchev–Trinajstić information content (AvgIpc) is 2.79. The molecule has 2 rings (SSSR count). The van der Waals surface area contributed by atoms with Crippen LogP contribution in [0.3, 0.4) is 0 Å². The van der Waals surface area contributed by atoms with Crippen LogP contribution in [0.2, 0.25) is 0 Å². The van der Waals surface area contributed by atoms with Gasteiger partial charge in [0, 0.05) is 19.2 Å². The highest BCUT2D eigenvalue weighted by atomic mass is 16.5. The van der Waals surface area contributed by atoms with Gasteiger partial charge in [0.15, 0.2) is 0 Å². The third-order valence-corrected chi connectivity index (χ3v) is 2.84. The Balaban J connectivity index is 2.16. The summed E-state index contributed by atoms with van der Waals surface area (Å²) in [5.41, 5.74) is 2.84. The molecule has 5 heteroatoms. The number of carbonyl (C=O) groups is 2. The lowest BCUT2D eigenvalue weighted by molar-refractivity contribution is -0.134. The Bertz CT molecular complexity index is 522. The lowest BCUT2D eigenvalue weighted by Crippen LogP contribution is -2.22. The van der Waals surface area contributed by atoms with Gasteiger partial charge in [-0.2, -0.15) is 0 Å². The summed E-state index contributed by atoms with van der Waals surface area (Å²) in [5, 5.41) is 8.91. The van der Waals surface area contributed by atoms with E-state index in [1.54, 1.807) is 6.08 Å². The van der Waals surface area contributed by atoms with Crippen LogP contribution in [0, 0.1) is 0 Å². The van der Waals surface area contributed by atoms with Crippen LogP contribution in [0.25, 0.3) is 6.08 Å². The maximum Gasteiger partial charge on any atom is 0.407 e. The Labute approximate surface area is 104 Å². The van der Waals surface area contributed by atoms with Gasteiger partial charge in [0.2, 0.25) is 0 Å². The molecule has 94 valence electrons. The van der Waals surface area contributed by atoms with E-state index in [4.69, 9.17) is 5.11 Å². The van der Waals surface area contributed by atoms with E-state index < -0.39 is 12.1 Å². The third kappa shape index (κ3) is 2.51. The number of hydrogen-bond donors (Lipinski definition) is 1. The van der Waals surface area contributed by atoms with Crippen LogP contribution in [0.15, 0.2) is 24.3 Å². The first-order valence-corrected chi connectivity index (χ1v) is 5.46. The quantitative estimate of drug-likeness (QED) is 0.640. The first-order valence-electron chi connectivity index (χ1n) is 5.46. The third-order valence-electron chi connectivity index (χ3n) is 2.84. The summed E-state index contributed by atoms with van der Waals surface area (Å²) in [6.07, 6.45) is 2.07. The fraction of sp³-hybridized carbons (Fsp3) is 0.231. The summed E-state index contributed by atoms with van der Waals surface area (Å²) in [7, 11) is 1.32. The number of rotatable bonds is 2. The van der Waals surface area contributed by atoms with Crippen LogP contribution in [-0.4, -0.2) is 29.2 Å². The Hall–Kier alpha value is -2.30. The van der Waals surface area contributed by atoms with E-state index in [9.17, 15) is 9.59 Å². The second-order valence-electron chi connectivity index (χ2n) is 4.02. The van der Waals surface area contributed by atoms with Crippen molar-refractivity contribution in [2.24, 2.45) is 0 Å². The van der Waals surface area contributed by atoms with E-state index in [0.29, 0.717) is 13.1 Å². The molecule has 1 aromatic carbocycles. The average molecular weight is 247 g/mol. The van der Waals surface area contributed by atoms with Gasteiger partial charge >= 0.3 is 12.1 Å². The van der Waals surface area contributed by atoms with Gasteiger partial charge < -0.3 is 9.84 Å². The van der Waals surface area contributed by atoms with Crippen molar-refractivity contribution < 1.29 is 19.4 Å². The second kappa shape index (κ2) is 4.91. The van der Waals surface area contributed by atoms with Crippen molar-refractivity contribution in [2.45, 2.75) is 13.1 Å². The highest BCUT2D eigenvalue weighted by molar-refractivity contribution is 5.87. The molecule has 1 aromatic rings. The number of carboxylic acid groups (broad SMARTS) is 1. The number of benzene rings is 1. The Morgan fingerprint density at radius 2 is 2.06 bits per heavy atom. The molecule has 1 aliphatic rings. The van der Waals surface area contributed by atoms with Crippen molar-refractivity contribution in [3.8, 4) is 0 Å². The summed E-state index contributed by atoms with van der Waals surface area (Å²) in [6, 6.07) is 5.62. The van der Waals surface area contributed by atoms with Crippen LogP contribution in [-0.2, 0) is 22.6 Å². The molecule has 0 spiro atoms. The van der Waals surface area contributed by atoms with Crippen molar-refractivity contribution in [3.63, 3.8) is 0 Å². The molecule has 1 N–H and O–H groups in total. The normalized spacial score (nSPS) is 13.7. The zero-order valence-corrected chi connectivity index (χ0v) is 9.92. The predicted molar refractivity (Wildman–Crippen MR) is 64.8 cm³/mol. The molecule has 18 heavy (non-hydrogen) atoms. The SMILES string of the molecule is COC(=O)C=Cc1ccc2c(c1)CN(C(=O)O)C2. The van der Waals surface area contributed by atoms with Gasteiger partial charge in [-0.3, -0.25) is 4.90 Å². The number of ether oxygens (including phenoxy) is 1. The zero-order chi connectivity index (χ0) is 13.1. The number of nitrogens with zero attached hydrogens (tertiary/aromatic N) is 1. The second-order valence-corrected chi connectivity index (χ2v) is 4.02. The van der Waals surface area contributed by atoms with Crippen LogP contribution < -0.4 is 0 Å². The number of methoxy groups -OCH3 is 1. The lowest BCUT2D eigenvalue weighted by atomic mass is 10.1. The molecule has 1 heterocycles. The first-order chi connectivity index (χ1) is 8.60. The van der Waals surface area contributed by atoms with E-state index >= 15 is 0 Å². The molecular weight excluding hydrogens is 234 g/mol. The minimum Gasteiger partial charge on any atom is -0.466 e. The number of carbonyl (C=O) groups excluding carboxylic acids is 1. The molecule has 0 unspecified atom stereocenters. The molecule has 0 bridgehead atoms. The largest absolute Gasteiger partial charge is 0.466 e. The van der Waals surface area contributed by atoms with E-state index in [2.05, 4.69) is 4.74 Å². The van der Waals surface area contributed by atoms with Gasteiger partial charge in [-0.25, -0.2) is 9.59 Å². The minimum absolute atomic E-state index is 0.393. The number of hydrogen-bond acceptors (Lipinski definition) is 3. The molecule has 1 aliphatic heterocycles. The minimum atomic E-state index is -0.919. The maximum absolute atomic E-state index is 11.0. The molecule has 1 amide bonds. The molecule has 0 aromatic heterocycles.